The van der Waals surface area contributed by atoms with E-state index in [9.17, 15) is 9.18 Å². The van der Waals surface area contributed by atoms with E-state index >= 15 is 0 Å². The lowest BCUT2D eigenvalue weighted by Crippen LogP contribution is -2.28. The number of hydrogen-bond donors (Lipinski definition) is 0. The minimum absolute atomic E-state index is 0. The molecule has 25 heavy (non-hydrogen) atoms. The third-order valence-corrected chi connectivity index (χ3v) is 3.32. The van der Waals surface area contributed by atoms with Crippen LogP contribution in [0.3, 0.4) is 0 Å². The molecule has 1 aliphatic heterocycles. The molecule has 0 saturated carbocycles. The second-order valence-corrected chi connectivity index (χ2v) is 5.88. The number of carbonyl (C=O) groups is 1. The average Bonchev–Trinajstić information content (AvgIpc) is 2.79. The number of nitrogens with zero attached hydrogens (tertiary/aromatic N) is 2. The molecule has 0 unspecified atom stereocenters. The van der Waals surface area contributed by atoms with Crippen molar-refractivity contribution in [2.75, 3.05) is 11.4 Å². The van der Waals surface area contributed by atoms with E-state index in [1.807, 2.05) is 13.8 Å². The molecule has 1 aromatic heterocycles. The van der Waals surface area contributed by atoms with Gasteiger partial charge >= 0.3 is 6.09 Å². The Morgan fingerprint density at radius 3 is 2.44 bits per heavy atom. The van der Waals surface area contributed by atoms with E-state index in [0.717, 1.165) is 0 Å². The fraction of sp³-hybridized carbons (Fsp3) is 0.300. The van der Waals surface area contributed by atoms with Crippen LogP contribution in [0.2, 0.25) is 0 Å². The number of cyclic esters (lactones) is 1. The van der Waals surface area contributed by atoms with Gasteiger partial charge < -0.3 is 4.74 Å². The van der Waals surface area contributed by atoms with Crippen LogP contribution < -0.4 is 4.90 Å². The highest BCUT2D eigenvalue weighted by Crippen LogP contribution is 2.25. The molecule has 0 radical (unpaired) electrons. The summed E-state index contributed by atoms with van der Waals surface area (Å²) >= 11 is 0. The van der Waals surface area contributed by atoms with Gasteiger partial charge in [0.2, 0.25) is 0 Å². The Morgan fingerprint density at radius 1 is 1.16 bits per heavy atom. The second-order valence-electron chi connectivity index (χ2n) is 5.88. The molecule has 1 amide bonds. The van der Waals surface area contributed by atoms with Crippen LogP contribution >= 0.6 is 0 Å². The average molecular weight is 342 g/mol. The van der Waals surface area contributed by atoms with Gasteiger partial charge in [-0.05, 0) is 44.2 Å². The number of amides is 1. The number of aromatic nitrogens is 1. The molecule has 1 fully saturated rings. The van der Waals surface area contributed by atoms with E-state index in [4.69, 9.17) is 4.74 Å². The van der Waals surface area contributed by atoms with Crippen LogP contribution in [0, 0.1) is 17.7 Å². The zero-order chi connectivity index (χ0) is 16.4. The fourth-order valence-electron chi connectivity index (χ4n) is 2.27. The lowest BCUT2D eigenvalue weighted by Gasteiger charge is -2.14. The molecule has 0 bridgehead atoms. The molecule has 132 valence electrons. The summed E-state index contributed by atoms with van der Waals surface area (Å²) in [5.74, 6) is 6.00. The van der Waals surface area contributed by atoms with Gasteiger partial charge in [0.1, 0.15) is 17.2 Å². The standard InChI is InChI=1S/C18H15FN2O2.2CH4/c1-18(2)12-21(17(22)23-18)16-9-8-14(11-20-16)7-6-13-4-3-5-15(19)10-13;;/h3-5,8-11H,12H2,1-2H3;2*1H4. The number of pyridine rings is 1. The largest absolute Gasteiger partial charge is 0.441 e. The third kappa shape index (κ3) is 4.80. The maximum absolute atomic E-state index is 13.1. The highest BCUT2D eigenvalue weighted by atomic mass is 19.1. The van der Waals surface area contributed by atoms with E-state index in [0.29, 0.717) is 23.5 Å². The minimum atomic E-state index is -0.519. The van der Waals surface area contributed by atoms with E-state index < -0.39 is 11.7 Å². The maximum Gasteiger partial charge on any atom is 0.416 e. The molecule has 0 N–H and O–H groups in total. The Labute approximate surface area is 148 Å². The summed E-state index contributed by atoms with van der Waals surface area (Å²) in [6, 6.07) is 9.59. The highest BCUT2D eigenvalue weighted by molar-refractivity contribution is 5.89. The summed E-state index contributed by atoms with van der Waals surface area (Å²) in [6.07, 6.45) is 1.18. The van der Waals surface area contributed by atoms with Gasteiger partial charge in [0.05, 0.1) is 6.54 Å². The number of rotatable bonds is 1. The predicted octanol–water partition coefficient (Wildman–Crippen LogP) is 4.63. The number of hydrogen-bond acceptors (Lipinski definition) is 3. The molecule has 0 aliphatic carbocycles. The summed E-state index contributed by atoms with van der Waals surface area (Å²) < 4.78 is 18.3. The topological polar surface area (TPSA) is 42.4 Å². The molecule has 3 rings (SSSR count). The first-order chi connectivity index (χ1) is 10.9. The summed E-state index contributed by atoms with van der Waals surface area (Å²) in [4.78, 5) is 17.6. The van der Waals surface area contributed by atoms with Gasteiger partial charge in [-0.2, -0.15) is 0 Å². The first-order valence-corrected chi connectivity index (χ1v) is 7.17. The molecule has 1 aromatic carbocycles. The van der Waals surface area contributed by atoms with Crippen LogP contribution in [0.5, 0.6) is 0 Å². The molecule has 0 spiro atoms. The van der Waals surface area contributed by atoms with Crippen LogP contribution in [-0.2, 0) is 4.74 Å². The Bertz CT molecular complexity index is 804. The summed E-state index contributed by atoms with van der Waals surface area (Å²) in [6.45, 7) is 4.15. The van der Waals surface area contributed by atoms with Crippen molar-refractivity contribution in [2.45, 2.75) is 34.3 Å². The minimum Gasteiger partial charge on any atom is -0.441 e. The number of carbonyl (C=O) groups excluding carboxylic acids is 1. The number of anilines is 1. The quantitative estimate of drug-likeness (QED) is 0.710. The first kappa shape index (κ1) is 20.2. The van der Waals surface area contributed by atoms with Crippen molar-refractivity contribution in [3.63, 3.8) is 0 Å². The number of ether oxygens (including phenoxy) is 1. The third-order valence-electron chi connectivity index (χ3n) is 3.32. The van der Waals surface area contributed by atoms with E-state index in [2.05, 4.69) is 16.8 Å². The first-order valence-electron chi connectivity index (χ1n) is 7.17. The van der Waals surface area contributed by atoms with Crippen molar-refractivity contribution in [2.24, 2.45) is 0 Å². The fourth-order valence-corrected chi connectivity index (χ4v) is 2.27. The normalized spacial score (nSPS) is 14.5. The lowest BCUT2D eigenvalue weighted by atomic mass is 10.1. The van der Waals surface area contributed by atoms with Gasteiger partial charge in [-0.25, -0.2) is 14.2 Å². The zero-order valence-corrected chi connectivity index (χ0v) is 12.8. The Morgan fingerprint density at radius 2 is 1.88 bits per heavy atom. The van der Waals surface area contributed by atoms with Gasteiger partial charge in [0.25, 0.3) is 0 Å². The van der Waals surface area contributed by atoms with Crippen LogP contribution in [0.4, 0.5) is 15.0 Å². The molecular weight excluding hydrogens is 319 g/mol. The van der Waals surface area contributed by atoms with Crippen LogP contribution in [0.15, 0.2) is 42.6 Å². The van der Waals surface area contributed by atoms with Crippen molar-refractivity contribution < 1.29 is 13.9 Å². The SMILES string of the molecule is C.C.CC1(C)CN(c2ccc(C#Cc3cccc(F)c3)cn2)C(=O)O1. The smallest absolute Gasteiger partial charge is 0.416 e. The molecular formula is C20H23FN2O2. The molecule has 4 nitrogen and oxygen atoms in total. The molecule has 5 heteroatoms. The van der Waals surface area contributed by atoms with Gasteiger partial charge in [-0.3, -0.25) is 4.90 Å². The van der Waals surface area contributed by atoms with Crippen LogP contribution in [0.1, 0.15) is 39.8 Å². The van der Waals surface area contributed by atoms with E-state index in [-0.39, 0.29) is 20.7 Å². The van der Waals surface area contributed by atoms with Crippen molar-refractivity contribution in [3.8, 4) is 11.8 Å². The lowest BCUT2D eigenvalue weighted by molar-refractivity contribution is 0.0871. The van der Waals surface area contributed by atoms with Crippen molar-refractivity contribution in [1.29, 1.82) is 0 Å². The summed E-state index contributed by atoms with van der Waals surface area (Å²) in [5.41, 5.74) is 0.762. The molecule has 0 atom stereocenters. The Balaban J connectivity index is 0.00000156. The van der Waals surface area contributed by atoms with Crippen LogP contribution in [-0.4, -0.2) is 23.2 Å². The summed E-state index contributed by atoms with van der Waals surface area (Å²) in [7, 11) is 0. The van der Waals surface area contributed by atoms with Crippen molar-refractivity contribution >= 4 is 11.9 Å². The number of benzene rings is 1. The Hall–Kier alpha value is -2.87. The number of halogens is 1. The van der Waals surface area contributed by atoms with Crippen molar-refractivity contribution in [3.05, 3.63) is 59.5 Å². The zero-order valence-electron chi connectivity index (χ0n) is 12.8. The Kier molecular flexibility index (Phi) is 6.30. The molecule has 1 aliphatic rings. The molecule has 1 saturated heterocycles. The molecule has 2 heterocycles. The second kappa shape index (κ2) is 7.80. The summed E-state index contributed by atoms with van der Waals surface area (Å²) in [5, 5.41) is 0. The van der Waals surface area contributed by atoms with Gasteiger partial charge in [0, 0.05) is 17.3 Å². The monoisotopic (exact) mass is 342 g/mol. The van der Waals surface area contributed by atoms with Gasteiger partial charge in [-0.15, -0.1) is 0 Å². The predicted molar refractivity (Wildman–Crippen MR) is 98.0 cm³/mol. The van der Waals surface area contributed by atoms with E-state index in [1.54, 1.807) is 30.5 Å². The van der Waals surface area contributed by atoms with Gasteiger partial charge in [-0.1, -0.05) is 32.8 Å². The van der Waals surface area contributed by atoms with Crippen molar-refractivity contribution in [1.82, 2.24) is 4.98 Å². The van der Waals surface area contributed by atoms with Crippen LogP contribution in [0.25, 0.3) is 0 Å². The van der Waals surface area contributed by atoms with Gasteiger partial charge in [0.15, 0.2) is 0 Å². The highest BCUT2D eigenvalue weighted by Gasteiger charge is 2.38. The maximum atomic E-state index is 13.1. The van der Waals surface area contributed by atoms with E-state index in [1.165, 1.54) is 17.0 Å². The molecule has 2 aromatic rings.